The normalized spacial score (nSPS) is 10.5. The largest absolute Gasteiger partial charge is 0.343 e. The van der Waals surface area contributed by atoms with Crippen LogP contribution in [-0.4, -0.2) is 27.9 Å². The number of unbranched alkanes of at least 4 members (excludes halogenated alkanes) is 1. The number of amides is 2. The quantitative estimate of drug-likeness (QED) is 0.629. The Morgan fingerprint density at radius 2 is 1.89 bits per heavy atom. The number of nitrogens with zero attached hydrogens (tertiary/aromatic N) is 2. The van der Waals surface area contributed by atoms with Crippen molar-refractivity contribution in [1.82, 2.24) is 14.9 Å². The third kappa shape index (κ3) is 5.07. The molecule has 6 nitrogen and oxygen atoms in total. The van der Waals surface area contributed by atoms with E-state index in [-0.39, 0.29) is 18.4 Å². The topological polar surface area (TPSA) is 76.0 Å². The average Bonchev–Trinajstić information content (AvgIpc) is 3.20. The van der Waals surface area contributed by atoms with Gasteiger partial charge in [-0.05, 0) is 30.7 Å². The van der Waals surface area contributed by atoms with Gasteiger partial charge in [0.15, 0.2) is 0 Å². The lowest BCUT2D eigenvalue weighted by molar-refractivity contribution is -0.115. The van der Waals surface area contributed by atoms with Crippen LogP contribution in [0, 0.1) is 0 Å². The Morgan fingerprint density at radius 3 is 2.68 bits per heavy atom. The van der Waals surface area contributed by atoms with Crippen LogP contribution in [-0.2, 0) is 11.3 Å². The molecule has 0 aliphatic carbocycles. The molecule has 0 saturated heterocycles. The number of aromatic nitrogens is 2. The third-order valence-electron chi connectivity index (χ3n) is 4.32. The molecule has 0 saturated carbocycles. The lowest BCUT2D eigenvalue weighted by atomic mass is 10.2. The molecule has 3 rings (SSSR count). The van der Waals surface area contributed by atoms with Crippen LogP contribution in [0.3, 0.4) is 0 Å². The molecule has 28 heavy (non-hydrogen) atoms. The van der Waals surface area contributed by atoms with Gasteiger partial charge in [-0.15, -0.1) is 0 Å². The van der Waals surface area contributed by atoms with Gasteiger partial charge in [0, 0.05) is 35.8 Å². The Bertz CT molecular complexity index is 934. The summed E-state index contributed by atoms with van der Waals surface area (Å²) in [6, 6.07) is 16.4. The van der Waals surface area contributed by atoms with E-state index >= 15 is 0 Å². The summed E-state index contributed by atoms with van der Waals surface area (Å²) >= 11 is 0. The first-order valence-electron chi connectivity index (χ1n) is 9.42. The van der Waals surface area contributed by atoms with Crippen molar-refractivity contribution in [2.75, 3.05) is 11.9 Å². The molecule has 2 N–H and O–H groups in total. The minimum Gasteiger partial charge on any atom is -0.343 e. The highest BCUT2D eigenvalue weighted by molar-refractivity contribution is 5.99. The van der Waals surface area contributed by atoms with Gasteiger partial charge in [0.2, 0.25) is 5.91 Å². The average molecular weight is 376 g/mol. The van der Waals surface area contributed by atoms with E-state index in [9.17, 15) is 9.59 Å². The first-order chi connectivity index (χ1) is 13.7. The predicted molar refractivity (Wildman–Crippen MR) is 110 cm³/mol. The van der Waals surface area contributed by atoms with E-state index in [0.717, 1.165) is 30.8 Å². The molecule has 0 atom stereocenters. The van der Waals surface area contributed by atoms with Gasteiger partial charge in [0.25, 0.3) is 5.91 Å². The van der Waals surface area contributed by atoms with E-state index in [1.807, 2.05) is 36.5 Å². The van der Waals surface area contributed by atoms with Crippen LogP contribution in [0.4, 0.5) is 5.69 Å². The van der Waals surface area contributed by atoms with Crippen molar-refractivity contribution in [3.63, 3.8) is 0 Å². The summed E-state index contributed by atoms with van der Waals surface area (Å²) in [7, 11) is 0. The molecule has 1 heterocycles. The van der Waals surface area contributed by atoms with Crippen LogP contribution in [0.15, 0.2) is 67.0 Å². The van der Waals surface area contributed by atoms with Crippen molar-refractivity contribution < 1.29 is 9.59 Å². The highest BCUT2D eigenvalue weighted by atomic mass is 16.2. The molecule has 0 radical (unpaired) electrons. The van der Waals surface area contributed by atoms with Crippen molar-refractivity contribution in [2.24, 2.45) is 0 Å². The molecule has 0 spiro atoms. The second kappa shape index (κ2) is 9.50. The molecule has 0 aliphatic heterocycles. The number of rotatable bonds is 8. The third-order valence-corrected chi connectivity index (χ3v) is 4.32. The lowest BCUT2D eigenvalue weighted by Crippen LogP contribution is -2.32. The van der Waals surface area contributed by atoms with Crippen LogP contribution < -0.4 is 10.6 Å². The first kappa shape index (κ1) is 19.4. The van der Waals surface area contributed by atoms with E-state index in [1.165, 1.54) is 0 Å². The number of nitrogens with one attached hydrogen (secondary N) is 2. The molecule has 3 aromatic rings. The van der Waals surface area contributed by atoms with Gasteiger partial charge in [-0.25, -0.2) is 4.98 Å². The Kier molecular flexibility index (Phi) is 6.57. The number of benzene rings is 2. The smallest absolute Gasteiger partial charge is 0.251 e. The number of imidazole rings is 1. The molecule has 2 aromatic carbocycles. The number of anilines is 1. The molecular weight excluding hydrogens is 352 g/mol. The van der Waals surface area contributed by atoms with Gasteiger partial charge >= 0.3 is 0 Å². The van der Waals surface area contributed by atoms with Crippen LogP contribution >= 0.6 is 0 Å². The maximum absolute atomic E-state index is 12.2. The fourth-order valence-corrected chi connectivity index (χ4v) is 2.87. The molecule has 1 aromatic heterocycles. The van der Waals surface area contributed by atoms with E-state index in [0.29, 0.717) is 11.3 Å². The molecule has 0 unspecified atom stereocenters. The first-order valence-corrected chi connectivity index (χ1v) is 9.42. The minimum atomic E-state index is -0.282. The van der Waals surface area contributed by atoms with Gasteiger partial charge in [-0.1, -0.05) is 43.7 Å². The van der Waals surface area contributed by atoms with Gasteiger partial charge < -0.3 is 15.2 Å². The van der Waals surface area contributed by atoms with Crippen LogP contribution in [0.1, 0.15) is 30.1 Å². The summed E-state index contributed by atoms with van der Waals surface area (Å²) < 4.78 is 2.12. The predicted octanol–water partition coefficient (Wildman–Crippen LogP) is 3.72. The van der Waals surface area contributed by atoms with Gasteiger partial charge in [0.1, 0.15) is 5.82 Å². The Labute approximate surface area is 164 Å². The lowest BCUT2D eigenvalue weighted by Gasteiger charge is -2.10. The summed E-state index contributed by atoms with van der Waals surface area (Å²) in [5.41, 5.74) is 2.13. The van der Waals surface area contributed by atoms with Crippen molar-refractivity contribution in [3.05, 3.63) is 72.6 Å². The summed E-state index contributed by atoms with van der Waals surface area (Å²) in [5.74, 6) is 0.320. The number of aryl methyl sites for hydroxylation is 1. The zero-order valence-corrected chi connectivity index (χ0v) is 15.9. The summed E-state index contributed by atoms with van der Waals surface area (Å²) in [4.78, 5) is 28.7. The highest BCUT2D eigenvalue weighted by Crippen LogP contribution is 2.21. The highest BCUT2D eigenvalue weighted by Gasteiger charge is 2.10. The number of carbonyl (C=O) groups is 2. The van der Waals surface area contributed by atoms with Crippen LogP contribution in [0.25, 0.3) is 11.4 Å². The van der Waals surface area contributed by atoms with E-state index < -0.39 is 0 Å². The summed E-state index contributed by atoms with van der Waals surface area (Å²) in [5, 5.41) is 5.45. The fraction of sp³-hybridized carbons (Fsp3) is 0.227. The van der Waals surface area contributed by atoms with Gasteiger partial charge in [-0.2, -0.15) is 0 Å². The van der Waals surface area contributed by atoms with E-state index in [4.69, 9.17) is 0 Å². The second-order valence-electron chi connectivity index (χ2n) is 6.48. The van der Waals surface area contributed by atoms with Crippen molar-refractivity contribution >= 4 is 17.5 Å². The maximum Gasteiger partial charge on any atom is 0.251 e. The van der Waals surface area contributed by atoms with E-state index in [2.05, 4.69) is 27.1 Å². The monoisotopic (exact) mass is 376 g/mol. The Balaban J connectivity index is 1.61. The van der Waals surface area contributed by atoms with Crippen molar-refractivity contribution in [2.45, 2.75) is 26.3 Å². The van der Waals surface area contributed by atoms with E-state index in [1.54, 1.807) is 30.5 Å². The Morgan fingerprint density at radius 1 is 1.07 bits per heavy atom. The number of hydrogen-bond donors (Lipinski definition) is 2. The van der Waals surface area contributed by atoms with Crippen molar-refractivity contribution in [3.8, 4) is 11.4 Å². The van der Waals surface area contributed by atoms with Crippen LogP contribution in [0.2, 0.25) is 0 Å². The zero-order chi connectivity index (χ0) is 19.8. The molecule has 0 fully saturated rings. The Hall–Kier alpha value is -3.41. The molecule has 0 aliphatic rings. The molecule has 6 heteroatoms. The summed E-state index contributed by atoms with van der Waals surface area (Å²) in [6.45, 7) is 2.97. The van der Waals surface area contributed by atoms with Gasteiger partial charge in [-0.3, -0.25) is 9.59 Å². The fourth-order valence-electron chi connectivity index (χ4n) is 2.87. The standard InChI is InChI=1S/C22H24N4O2/c1-2-3-13-26-14-12-23-21(26)18-10-7-11-19(15-18)25-20(27)16-24-22(28)17-8-5-4-6-9-17/h4-12,14-15H,2-3,13,16H2,1H3,(H,24,28)(H,25,27). The van der Waals surface area contributed by atoms with Gasteiger partial charge in [0.05, 0.1) is 6.54 Å². The minimum absolute atomic E-state index is 0.0942. The molecule has 0 bridgehead atoms. The second-order valence-corrected chi connectivity index (χ2v) is 6.48. The summed E-state index contributed by atoms with van der Waals surface area (Å²) in [6.07, 6.45) is 5.95. The SMILES string of the molecule is CCCCn1ccnc1-c1cccc(NC(=O)CNC(=O)c2ccccc2)c1. The molecular formula is C22H24N4O2. The van der Waals surface area contributed by atoms with Crippen LogP contribution in [0.5, 0.6) is 0 Å². The zero-order valence-electron chi connectivity index (χ0n) is 15.9. The molecule has 144 valence electrons. The number of hydrogen-bond acceptors (Lipinski definition) is 3. The van der Waals surface area contributed by atoms with Crippen molar-refractivity contribution in [1.29, 1.82) is 0 Å². The molecule has 2 amide bonds. The maximum atomic E-state index is 12.2. The number of carbonyl (C=O) groups excluding carboxylic acids is 2.